The fourth-order valence-corrected chi connectivity index (χ4v) is 5.24. The van der Waals surface area contributed by atoms with Crippen LogP contribution in [0.25, 0.3) is 6.08 Å². The Morgan fingerprint density at radius 1 is 1.17 bits per heavy atom. The number of ether oxygens (including phenoxy) is 1. The number of esters is 1. The molecule has 0 radical (unpaired) electrons. The number of hydrogen-bond donors (Lipinski definition) is 0. The molecule has 2 heterocycles. The Kier molecular flexibility index (Phi) is 5.97. The third-order valence-electron chi connectivity index (χ3n) is 6.81. The van der Waals surface area contributed by atoms with Crippen molar-refractivity contribution in [3.63, 3.8) is 0 Å². The quantitative estimate of drug-likeness (QED) is 0.353. The van der Waals surface area contributed by atoms with E-state index in [0.717, 1.165) is 11.3 Å². The fourth-order valence-electron chi connectivity index (χ4n) is 5.24. The number of nitrogens with zero attached hydrogens (tertiary/aromatic N) is 3. The van der Waals surface area contributed by atoms with Crippen LogP contribution in [-0.2, 0) is 14.3 Å². The predicted octanol–water partition coefficient (Wildman–Crippen LogP) is 4.65. The van der Waals surface area contributed by atoms with Crippen LogP contribution in [0.3, 0.4) is 0 Å². The summed E-state index contributed by atoms with van der Waals surface area (Å²) in [6.07, 6.45) is 3.65. The first kappa shape index (κ1) is 24.1. The van der Waals surface area contributed by atoms with Crippen molar-refractivity contribution in [2.45, 2.75) is 45.7 Å². The number of non-ortho nitro benzene ring substituents is 1. The van der Waals surface area contributed by atoms with E-state index in [2.05, 4.69) is 6.07 Å². The van der Waals surface area contributed by atoms with Crippen LogP contribution in [0.4, 0.5) is 11.4 Å². The van der Waals surface area contributed by atoms with Crippen molar-refractivity contribution >= 4 is 29.2 Å². The highest BCUT2D eigenvalue weighted by atomic mass is 16.6. The van der Waals surface area contributed by atoms with E-state index < -0.39 is 39.7 Å². The standard InChI is InChI=1S/C27H27N3O5/c1-5-35-25(32)27(16-28)21-15-12-17-8-6-7-9-20(17)29(21)23(24(31)26(2,3)4)22(27)18-10-13-19(14-11-18)30(33)34/h6-15,21-23H,5H2,1-4H3/t21-,22-,23+,27-/m1/s1. The van der Waals surface area contributed by atoms with E-state index in [1.165, 1.54) is 24.3 Å². The first-order valence-corrected chi connectivity index (χ1v) is 11.5. The lowest BCUT2D eigenvalue weighted by Crippen LogP contribution is -2.48. The highest BCUT2D eigenvalue weighted by molar-refractivity contribution is 5.99. The van der Waals surface area contributed by atoms with Crippen molar-refractivity contribution in [3.8, 4) is 6.07 Å². The second-order valence-electron chi connectivity index (χ2n) is 9.86. The maximum atomic E-state index is 14.0. The van der Waals surface area contributed by atoms with Crippen LogP contribution in [0.5, 0.6) is 0 Å². The maximum Gasteiger partial charge on any atom is 0.329 e. The average molecular weight is 474 g/mol. The Morgan fingerprint density at radius 3 is 2.40 bits per heavy atom. The molecule has 8 heteroatoms. The predicted molar refractivity (Wildman–Crippen MR) is 131 cm³/mol. The Bertz CT molecular complexity index is 1250. The molecule has 1 saturated heterocycles. The lowest BCUT2D eigenvalue weighted by atomic mass is 9.67. The van der Waals surface area contributed by atoms with Crippen molar-refractivity contribution < 1.29 is 19.2 Å². The fraction of sp³-hybridized carbons (Fsp3) is 0.370. The second-order valence-corrected chi connectivity index (χ2v) is 9.86. The molecule has 2 aliphatic heterocycles. The molecule has 4 rings (SSSR count). The third kappa shape index (κ3) is 3.68. The Balaban J connectivity index is 2.04. The number of anilines is 1. The zero-order valence-electron chi connectivity index (χ0n) is 20.1. The highest BCUT2D eigenvalue weighted by Crippen LogP contribution is 2.57. The second kappa shape index (κ2) is 8.66. The van der Waals surface area contributed by atoms with Gasteiger partial charge in [-0.1, -0.05) is 63.3 Å². The van der Waals surface area contributed by atoms with E-state index in [-0.39, 0.29) is 18.1 Å². The number of hydrogen-bond acceptors (Lipinski definition) is 7. The van der Waals surface area contributed by atoms with Gasteiger partial charge in [-0.15, -0.1) is 0 Å². The van der Waals surface area contributed by atoms with Gasteiger partial charge >= 0.3 is 5.97 Å². The van der Waals surface area contributed by atoms with E-state index in [9.17, 15) is 25.0 Å². The van der Waals surface area contributed by atoms with Gasteiger partial charge in [-0.25, -0.2) is 0 Å². The van der Waals surface area contributed by atoms with E-state index in [0.29, 0.717) is 5.56 Å². The minimum absolute atomic E-state index is 0.0696. The van der Waals surface area contributed by atoms with Crippen molar-refractivity contribution in [1.29, 1.82) is 5.26 Å². The number of carbonyl (C=O) groups excluding carboxylic acids is 2. The topological polar surface area (TPSA) is 114 Å². The largest absolute Gasteiger partial charge is 0.465 e. The van der Waals surface area contributed by atoms with Crippen LogP contribution in [0.15, 0.2) is 54.6 Å². The molecule has 2 aliphatic rings. The molecule has 0 unspecified atom stereocenters. The lowest BCUT2D eigenvalue weighted by molar-refractivity contribution is -0.384. The molecule has 2 aromatic carbocycles. The van der Waals surface area contributed by atoms with Crippen LogP contribution >= 0.6 is 0 Å². The number of Topliss-reactive ketones (excluding diaryl/α,β-unsaturated/α-hetero) is 1. The summed E-state index contributed by atoms with van der Waals surface area (Å²) < 4.78 is 5.44. The van der Waals surface area contributed by atoms with Crippen molar-refractivity contribution in [2.75, 3.05) is 11.5 Å². The minimum atomic E-state index is -1.75. The summed E-state index contributed by atoms with van der Waals surface area (Å²) in [7, 11) is 0. The zero-order chi connectivity index (χ0) is 25.5. The Hall–Kier alpha value is -3.99. The van der Waals surface area contributed by atoms with Gasteiger partial charge in [-0.05, 0) is 24.1 Å². The van der Waals surface area contributed by atoms with Gasteiger partial charge in [-0.3, -0.25) is 19.7 Å². The van der Waals surface area contributed by atoms with E-state index >= 15 is 0 Å². The normalized spacial score (nSPS) is 24.8. The van der Waals surface area contributed by atoms with Gasteiger partial charge in [0.05, 0.1) is 29.7 Å². The number of nitro benzene ring substituents is 1. The minimum Gasteiger partial charge on any atom is -0.465 e. The summed E-state index contributed by atoms with van der Waals surface area (Å²) in [6.45, 7) is 7.15. The number of rotatable bonds is 5. The molecular formula is C27H27N3O5. The van der Waals surface area contributed by atoms with Crippen molar-refractivity contribution in [2.24, 2.45) is 10.8 Å². The Morgan fingerprint density at radius 2 is 1.83 bits per heavy atom. The van der Waals surface area contributed by atoms with Crippen LogP contribution in [0, 0.1) is 32.3 Å². The monoisotopic (exact) mass is 473 g/mol. The van der Waals surface area contributed by atoms with Gasteiger partial charge < -0.3 is 9.64 Å². The molecule has 35 heavy (non-hydrogen) atoms. The molecule has 0 amide bonds. The molecule has 0 aliphatic carbocycles. The van der Waals surface area contributed by atoms with Gasteiger partial charge in [0.1, 0.15) is 0 Å². The molecule has 180 valence electrons. The number of fused-ring (bicyclic) bond motifs is 3. The van der Waals surface area contributed by atoms with Crippen LogP contribution in [-0.4, -0.2) is 35.4 Å². The molecule has 0 N–H and O–H groups in total. The average Bonchev–Trinajstić information content (AvgIpc) is 3.14. The SMILES string of the molecule is CCOC(=O)[C@@]1(C#N)[C@H](c2ccc([N+](=O)[O-])cc2)[C@@H](C(=O)C(C)(C)C)N2c3ccccc3C=C[C@@H]21. The van der Waals surface area contributed by atoms with E-state index in [4.69, 9.17) is 4.74 Å². The number of para-hydroxylation sites is 1. The molecule has 4 atom stereocenters. The van der Waals surface area contributed by atoms with E-state index in [1.54, 1.807) is 33.8 Å². The molecule has 0 aromatic heterocycles. The summed E-state index contributed by atoms with van der Waals surface area (Å²) in [5.41, 5.74) is -0.543. The summed E-state index contributed by atoms with van der Waals surface area (Å²) in [4.78, 5) is 40.3. The van der Waals surface area contributed by atoms with Crippen molar-refractivity contribution in [1.82, 2.24) is 0 Å². The van der Waals surface area contributed by atoms with Crippen LogP contribution in [0.1, 0.15) is 44.7 Å². The highest BCUT2D eigenvalue weighted by Gasteiger charge is 2.67. The molecule has 0 saturated carbocycles. The van der Waals surface area contributed by atoms with E-state index in [1.807, 2.05) is 35.2 Å². The number of benzene rings is 2. The maximum absolute atomic E-state index is 14.0. The zero-order valence-corrected chi connectivity index (χ0v) is 20.1. The summed E-state index contributed by atoms with van der Waals surface area (Å²) in [5.74, 6) is -1.77. The van der Waals surface area contributed by atoms with Crippen LogP contribution in [0.2, 0.25) is 0 Å². The number of nitro groups is 1. The summed E-state index contributed by atoms with van der Waals surface area (Å²) >= 11 is 0. The third-order valence-corrected chi connectivity index (χ3v) is 6.81. The first-order chi connectivity index (χ1) is 16.6. The number of nitriles is 1. The molecule has 8 nitrogen and oxygen atoms in total. The first-order valence-electron chi connectivity index (χ1n) is 11.5. The molecule has 0 spiro atoms. The van der Waals surface area contributed by atoms with Gasteiger partial charge in [0, 0.05) is 29.2 Å². The number of ketones is 1. The lowest BCUT2D eigenvalue weighted by Gasteiger charge is -2.37. The molecular weight excluding hydrogens is 446 g/mol. The number of carbonyl (C=O) groups is 2. The van der Waals surface area contributed by atoms with Gasteiger partial charge in [-0.2, -0.15) is 5.26 Å². The molecule has 0 bridgehead atoms. The van der Waals surface area contributed by atoms with Crippen molar-refractivity contribution in [3.05, 3.63) is 75.8 Å². The molecule has 2 aromatic rings. The summed E-state index contributed by atoms with van der Waals surface area (Å²) in [6, 6.07) is 13.9. The summed E-state index contributed by atoms with van der Waals surface area (Å²) in [5, 5.41) is 21.9. The Labute approximate surface area is 204 Å². The van der Waals surface area contributed by atoms with Gasteiger partial charge in [0.25, 0.3) is 5.69 Å². The van der Waals surface area contributed by atoms with Crippen LogP contribution < -0.4 is 4.90 Å². The molecule has 1 fully saturated rings. The van der Waals surface area contributed by atoms with Gasteiger partial charge in [0.15, 0.2) is 11.2 Å². The van der Waals surface area contributed by atoms with Gasteiger partial charge in [0.2, 0.25) is 0 Å². The smallest absolute Gasteiger partial charge is 0.329 e.